The zero-order valence-electron chi connectivity index (χ0n) is 12.8. The van der Waals surface area contributed by atoms with Gasteiger partial charge < -0.3 is 5.32 Å². The average Bonchev–Trinajstić information content (AvgIpc) is 2.99. The molecule has 23 heavy (non-hydrogen) atoms. The molecule has 2 aromatic heterocycles. The highest BCUT2D eigenvalue weighted by atomic mass is 35.5. The topological polar surface area (TPSA) is 42.2 Å². The largest absolute Gasteiger partial charge is 0.338 e. The van der Waals surface area contributed by atoms with Gasteiger partial charge in [-0.2, -0.15) is 0 Å². The number of rotatable bonds is 2. The second-order valence-electron chi connectivity index (χ2n) is 5.61. The lowest BCUT2D eigenvalue weighted by Gasteiger charge is -2.12. The number of fused-ring (bicyclic) bond motifs is 3. The zero-order valence-corrected chi connectivity index (χ0v) is 13.5. The molecule has 0 bridgehead atoms. The summed E-state index contributed by atoms with van der Waals surface area (Å²) in [7, 11) is 0. The number of anilines is 2. The minimum absolute atomic E-state index is 0.658. The van der Waals surface area contributed by atoms with Crippen LogP contribution in [-0.2, 0) is 0 Å². The number of halogens is 1. The van der Waals surface area contributed by atoms with Crippen molar-refractivity contribution in [2.45, 2.75) is 13.8 Å². The van der Waals surface area contributed by atoms with Crippen LogP contribution in [0.25, 0.3) is 16.6 Å². The average molecular weight is 322 g/mol. The molecule has 4 rings (SSSR count). The standard InChI is InChI=1S/C18H14ClN4/c1-11-3-5-14(12(2)7-11)21-18-17-9-20-10-23(17)16-6-4-13(19)8-15(16)22-18/h3-8,10H,1-2H3,(H,21,22). The first-order valence-electron chi connectivity index (χ1n) is 7.30. The molecule has 0 amide bonds. The number of aromatic nitrogens is 3. The Labute approximate surface area is 138 Å². The molecular weight excluding hydrogens is 308 g/mol. The van der Waals surface area contributed by atoms with E-state index in [1.807, 2.05) is 22.6 Å². The second kappa shape index (κ2) is 5.25. The number of hydrogen-bond donors (Lipinski definition) is 1. The predicted octanol–water partition coefficient (Wildman–Crippen LogP) is 4.70. The maximum absolute atomic E-state index is 6.11. The first-order valence-corrected chi connectivity index (χ1v) is 7.68. The summed E-state index contributed by atoms with van der Waals surface area (Å²) >= 11 is 6.11. The molecule has 0 unspecified atom stereocenters. The highest BCUT2D eigenvalue weighted by Gasteiger charge is 2.11. The van der Waals surface area contributed by atoms with E-state index in [1.54, 1.807) is 6.33 Å². The number of nitrogens with zero attached hydrogens (tertiary/aromatic N) is 3. The predicted molar refractivity (Wildman–Crippen MR) is 93.5 cm³/mol. The molecule has 1 radical (unpaired) electrons. The Morgan fingerprint density at radius 2 is 2.00 bits per heavy atom. The third kappa shape index (κ3) is 2.41. The van der Waals surface area contributed by atoms with Gasteiger partial charge in [-0.25, -0.2) is 9.97 Å². The highest BCUT2D eigenvalue weighted by Crippen LogP contribution is 2.27. The van der Waals surface area contributed by atoms with Crippen LogP contribution in [0.15, 0.2) is 42.7 Å². The summed E-state index contributed by atoms with van der Waals surface area (Å²) in [4.78, 5) is 8.85. The van der Waals surface area contributed by atoms with Crippen molar-refractivity contribution in [1.29, 1.82) is 0 Å². The number of hydrogen-bond acceptors (Lipinski definition) is 3. The van der Waals surface area contributed by atoms with E-state index in [0.717, 1.165) is 27.8 Å². The molecule has 5 heteroatoms. The highest BCUT2D eigenvalue weighted by molar-refractivity contribution is 6.31. The van der Waals surface area contributed by atoms with Crippen molar-refractivity contribution in [1.82, 2.24) is 14.4 Å². The second-order valence-corrected chi connectivity index (χ2v) is 6.05. The summed E-state index contributed by atoms with van der Waals surface area (Å²) < 4.78 is 1.96. The molecule has 0 fully saturated rings. The molecule has 2 heterocycles. The maximum Gasteiger partial charge on any atom is 0.157 e. The van der Waals surface area contributed by atoms with Crippen molar-refractivity contribution < 1.29 is 0 Å². The van der Waals surface area contributed by atoms with Crippen LogP contribution in [0.4, 0.5) is 11.5 Å². The molecule has 2 aromatic carbocycles. The van der Waals surface area contributed by atoms with Gasteiger partial charge in [0.25, 0.3) is 0 Å². The smallest absolute Gasteiger partial charge is 0.157 e. The van der Waals surface area contributed by atoms with E-state index in [1.165, 1.54) is 5.56 Å². The molecule has 0 aliphatic heterocycles. The van der Waals surface area contributed by atoms with Gasteiger partial charge in [0.15, 0.2) is 5.82 Å². The molecule has 0 spiro atoms. The van der Waals surface area contributed by atoms with Crippen LogP contribution in [0.2, 0.25) is 5.02 Å². The lowest BCUT2D eigenvalue weighted by Crippen LogP contribution is -2.00. The quantitative estimate of drug-likeness (QED) is 0.582. The molecule has 0 saturated carbocycles. The van der Waals surface area contributed by atoms with Crippen molar-refractivity contribution in [2.75, 3.05) is 5.32 Å². The lowest BCUT2D eigenvalue weighted by atomic mass is 10.1. The van der Waals surface area contributed by atoms with Crippen LogP contribution in [0.5, 0.6) is 0 Å². The van der Waals surface area contributed by atoms with Crippen LogP contribution in [0, 0.1) is 20.0 Å². The Hall–Kier alpha value is -2.59. The molecule has 0 saturated heterocycles. The summed E-state index contributed by atoms with van der Waals surface area (Å²) in [5, 5.41) is 4.05. The molecule has 0 aliphatic rings. The van der Waals surface area contributed by atoms with Gasteiger partial charge in [-0.05, 0) is 43.7 Å². The van der Waals surface area contributed by atoms with Gasteiger partial charge in [-0.1, -0.05) is 29.3 Å². The summed E-state index contributed by atoms with van der Waals surface area (Å²) in [6, 6.07) is 11.9. The van der Waals surface area contributed by atoms with E-state index >= 15 is 0 Å². The van der Waals surface area contributed by atoms with Gasteiger partial charge in [0.2, 0.25) is 0 Å². The zero-order chi connectivity index (χ0) is 16.0. The van der Waals surface area contributed by atoms with Crippen molar-refractivity contribution in [3.63, 3.8) is 0 Å². The summed E-state index contributed by atoms with van der Waals surface area (Å²) in [6.07, 6.45) is 4.74. The van der Waals surface area contributed by atoms with E-state index in [2.05, 4.69) is 48.5 Å². The van der Waals surface area contributed by atoms with Gasteiger partial charge in [-0.3, -0.25) is 4.40 Å². The molecule has 113 valence electrons. The number of imidazole rings is 1. The molecule has 1 N–H and O–H groups in total. The Bertz CT molecular complexity index is 1040. The minimum atomic E-state index is 0.658. The van der Waals surface area contributed by atoms with Gasteiger partial charge in [0, 0.05) is 10.7 Å². The minimum Gasteiger partial charge on any atom is -0.338 e. The van der Waals surface area contributed by atoms with Gasteiger partial charge in [-0.15, -0.1) is 0 Å². The fraction of sp³-hybridized carbons (Fsp3) is 0.111. The van der Waals surface area contributed by atoms with E-state index in [0.29, 0.717) is 10.8 Å². The van der Waals surface area contributed by atoms with Crippen LogP contribution < -0.4 is 5.32 Å². The molecule has 0 atom stereocenters. The van der Waals surface area contributed by atoms with E-state index in [9.17, 15) is 0 Å². The van der Waals surface area contributed by atoms with Gasteiger partial charge in [0.1, 0.15) is 18.0 Å². The first-order chi connectivity index (χ1) is 11.1. The van der Waals surface area contributed by atoms with E-state index in [4.69, 9.17) is 16.6 Å². The monoisotopic (exact) mass is 321 g/mol. The summed E-state index contributed by atoms with van der Waals surface area (Å²) in [6.45, 7) is 4.15. The van der Waals surface area contributed by atoms with Gasteiger partial charge >= 0.3 is 0 Å². The Balaban J connectivity index is 1.92. The molecule has 4 nitrogen and oxygen atoms in total. The van der Waals surface area contributed by atoms with Crippen LogP contribution >= 0.6 is 11.6 Å². The molecular formula is C18H14ClN4. The molecule has 0 aliphatic carbocycles. The van der Waals surface area contributed by atoms with Crippen LogP contribution in [0.1, 0.15) is 11.1 Å². The lowest BCUT2D eigenvalue weighted by molar-refractivity contribution is 1.18. The Kier molecular flexibility index (Phi) is 3.20. The third-order valence-electron chi connectivity index (χ3n) is 3.87. The van der Waals surface area contributed by atoms with Crippen molar-refractivity contribution in [3.05, 3.63) is 65.1 Å². The van der Waals surface area contributed by atoms with Gasteiger partial charge in [0.05, 0.1) is 11.0 Å². The first kappa shape index (κ1) is 14.0. The number of benzene rings is 2. The summed E-state index contributed by atoms with van der Waals surface area (Å²) in [5.74, 6) is 0.712. The van der Waals surface area contributed by atoms with Crippen molar-refractivity contribution in [2.24, 2.45) is 0 Å². The molecule has 4 aromatic rings. The fourth-order valence-corrected chi connectivity index (χ4v) is 2.91. The fourth-order valence-electron chi connectivity index (χ4n) is 2.74. The Morgan fingerprint density at radius 3 is 2.83 bits per heavy atom. The number of nitrogens with one attached hydrogen (secondary N) is 1. The van der Waals surface area contributed by atoms with Crippen LogP contribution in [0.3, 0.4) is 0 Å². The van der Waals surface area contributed by atoms with Crippen molar-refractivity contribution >= 4 is 39.7 Å². The van der Waals surface area contributed by atoms with E-state index in [-0.39, 0.29) is 0 Å². The van der Waals surface area contributed by atoms with Crippen LogP contribution in [-0.4, -0.2) is 14.4 Å². The van der Waals surface area contributed by atoms with Crippen molar-refractivity contribution in [3.8, 4) is 0 Å². The number of aryl methyl sites for hydroxylation is 2. The van der Waals surface area contributed by atoms with E-state index < -0.39 is 0 Å². The Morgan fingerprint density at radius 1 is 1.13 bits per heavy atom. The SMILES string of the molecule is Cc1ccc(Nc2nc3cc(Cl)ccc3n3cn[c]c23)c(C)c1. The third-order valence-corrected chi connectivity index (χ3v) is 4.11. The maximum atomic E-state index is 6.11. The summed E-state index contributed by atoms with van der Waals surface area (Å²) in [5.41, 5.74) is 5.97. The normalized spacial score (nSPS) is 11.3.